The van der Waals surface area contributed by atoms with Crippen LogP contribution in [-0.4, -0.2) is 23.9 Å². The van der Waals surface area contributed by atoms with Gasteiger partial charge in [-0.25, -0.2) is 0 Å². The average Bonchev–Trinajstić information content (AvgIpc) is 2.52. The predicted octanol–water partition coefficient (Wildman–Crippen LogP) is 6.58. The third-order valence-corrected chi connectivity index (χ3v) is 5.07. The Morgan fingerprint density at radius 1 is 0.783 bits per heavy atom. The van der Waals surface area contributed by atoms with E-state index in [9.17, 15) is 4.79 Å². The van der Waals surface area contributed by atoms with Crippen molar-refractivity contribution >= 4 is 5.91 Å². The van der Waals surface area contributed by atoms with E-state index in [1.54, 1.807) is 0 Å². The first kappa shape index (κ1) is 22.5. The van der Waals surface area contributed by atoms with Gasteiger partial charge < -0.3 is 4.90 Å². The zero-order chi connectivity index (χ0) is 17.6. The van der Waals surface area contributed by atoms with Crippen LogP contribution in [0.1, 0.15) is 112 Å². The summed E-state index contributed by atoms with van der Waals surface area (Å²) in [5, 5.41) is 0. The van der Waals surface area contributed by atoms with Crippen molar-refractivity contribution in [3.05, 3.63) is 0 Å². The van der Waals surface area contributed by atoms with Crippen molar-refractivity contribution in [2.24, 2.45) is 5.41 Å². The summed E-state index contributed by atoms with van der Waals surface area (Å²) in [6, 6.07) is 0. The van der Waals surface area contributed by atoms with Crippen LogP contribution < -0.4 is 0 Å². The highest BCUT2D eigenvalue weighted by Crippen LogP contribution is 2.35. The topological polar surface area (TPSA) is 20.3 Å². The molecule has 0 N–H and O–H groups in total. The minimum atomic E-state index is 0.208. The molecule has 0 aliphatic heterocycles. The van der Waals surface area contributed by atoms with Crippen molar-refractivity contribution in [3.8, 4) is 0 Å². The second kappa shape index (κ2) is 13.9. The molecule has 0 fully saturated rings. The molecule has 1 amide bonds. The van der Waals surface area contributed by atoms with Gasteiger partial charge in [0.15, 0.2) is 0 Å². The van der Waals surface area contributed by atoms with Crippen LogP contribution in [0.15, 0.2) is 0 Å². The van der Waals surface area contributed by atoms with Crippen molar-refractivity contribution < 1.29 is 4.79 Å². The van der Waals surface area contributed by atoms with Crippen LogP contribution in [0.5, 0.6) is 0 Å². The first-order valence-electron chi connectivity index (χ1n) is 10.3. The van der Waals surface area contributed by atoms with E-state index in [-0.39, 0.29) is 5.41 Å². The van der Waals surface area contributed by atoms with Gasteiger partial charge in [0.2, 0.25) is 5.91 Å². The van der Waals surface area contributed by atoms with Crippen molar-refractivity contribution in [3.63, 3.8) is 0 Å². The molecule has 0 rings (SSSR count). The van der Waals surface area contributed by atoms with Crippen LogP contribution in [0.4, 0.5) is 0 Å². The third-order valence-electron chi connectivity index (χ3n) is 5.07. The minimum absolute atomic E-state index is 0.208. The van der Waals surface area contributed by atoms with Gasteiger partial charge in [0, 0.05) is 19.5 Å². The summed E-state index contributed by atoms with van der Waals surface area (Å²) in [5.41, 5.74) is 0.208. The van der Waals surface area contributed by atoms with E-state index in [4.69, 9.17) is 0 Å². The lowest BCUT2D eigenvalue weighted by Gasteiger charge is -2.32. The molecule has 138 valence electrons. The molecule has 0 spiro atoms. The lowest BCUT2D eigenvalue weighted by molar-refractivity contribution is -0.133. The van der Waals surface area contributed by atoms with Crippen molar-refractivity contribution in [1.82, 2.24) is 4.90 Å². The predicted molar refractivity (Wildman–Crippen MR) is 103 cm³/mol. The molecule has 2 heteroatoms. The van der Waals surface area contributed by atoms with E-state index >= 15 is 0 Å². The normalized spacial score (nSPS) is 13.8. The smallest absolute Gasteiger partial charge is 0.223 e. The molecule has 0 aromatic rings. The molecule has 1 unspecified atom stereocenters. The molecular formula is C21H43NO. The van der Waals surface area contributed by atoms with E-state index in [2.05, 4.69) is 39.5 Å². The van der Waals surface area contributed by atoms with Crippen LogP contribution in [0.3, 0.4) is 0 Å². The SMILES string of the molecule is CCCCCCCC(C)(CCCCC)CC(=O)N(CC)CCC. The highest BCUT2D eigenvalue weighted by Gasteiger charge is 2.28. The Balaban J connectivity index is 4.53. The van der Waals surface area contributed by atoms with Gasteiger partial charge in [-0.2, -0.15) is 0 Å². The molecule has 0 aliphatic carbocycles. The Morgan fingerprint density at radius 3 is 1.83 bits per heavy atom. The zero-order valence-electron chi connectivity index (χ0n) is 16.8. The van der Waals surface area contributed by atoms with Crippen molar-refractivity contribution in [2.45, 2.75) is 112 Å². The Morgan fingerprint density at radius 2 is 1.30 bits per heavy atom. The molecule has 0 radical (unpaired) electrons. The molecule has 0 saturated heterocycles. The third kappa shape index (κ3) is 10.8. The Kier molecular flexibility index (Phi) is 13.5. The summed E-state index contributed by atoms with van der Waals surface area (Å²) in [5.74, 6) is 0.377. The number of carbonyl (C=O) groups excluding carboxylic acids is 1. The van der Waals surface area contributed by atoms with Crippen LogP contribution in [0, 0.1) is 5.41 Å². The van der Waals surface area contributed by atoms with Gasteiger partial charge >= 0.3 is 0 Å². The number of hydrogen-bond acceptors (Lipinski definition) is 1. The van der Waals surface area contributed by atoms with Gasteiger partial charge in [0.25, 0.3) is 0 Å². The first-order valence-corrected chi connectivity index (χ1v) is 10.3. The number of hydrogen-bond donors (Lipinski definition) is 0. The Labute approximate surface area is 146 Å². The highest BCUT2D eigenvalue weighted by molar-refractivity contribution is 5.76. The lowest BCUT2D eigenvalue weighted by Crippen LogP contribution is -2.35. The van der Waals surface area contributed by atoms with Crippen molar-refractivity contribution in [1.29, 1.82) is 0 Å². The quantitative estimate of drug-likeness (QED) is 0.311. The summed E-state index contributed by atoms with van der Waals surface area (Å²) in [4.78, 5) is 14.7. The molecule has 0 saturated carbocycles. The highest BCUT2D eigenvalue weighted by atomic mass is 16.2. The minimum Gasteiger partial charge on any atom is -0.343 e. The fraction of sp³-hybridized carbons (Fsp3) is 0.952. The van der Waals surface area contributed by atoms with E-state index in [0.717, 1.165) is 25.9 Å². The number of carbonyl (C=O) groups is 1. The molecule has 2 nitrogen and oxygen atoms in total. The maximum absolute atomic E-state index is 12.7. The number of rotatable bonds is 15. The number of unbranched alkanes of at least 4 members (excludes halogenated alkanes) is 6. The fourth-order valence-electron chi connectivity index (χ4n) is 3.46. The van der Waals surface area contributed by atoms with Crippen LogP contribution in [0.2, 0.25) is 0 Å². The number of amides is 1. The maximum Gasteiger partial charge on any atom is 0.223 e. The average molecular weight is 326 g/mol. The molecule has 0 aliphatic rings. The molecule has 0 bridgehead atoms. The molecule has 0 heterocycles. The second-order valence-corrected chi connectivity index (χ2v) is 7.58. The van der Waals surface area contributed by atoms with E-state index in [0.29, 0.717) is 5.91 Å². The van der Waals surface area contributed by atoms with Gasteiger partial charge in [0.05, 0.1) is 0 Å². The van der Waals surface area contributed by atoms with Gasteiger partial charge in [0.1, 0.15) is 0 Å². The summed E-state index contributed by atoms with van der Waals surface area (Å²) in [6.45, 7) is 12.9. The van der Waals surface area contributed by atoms with Crippen LogP contribution in [0.25, 0.3) is 0 Å². The zero-order valence-corrected chi connectivity index (χ0v) is 16.8. The van der Waals surface area contributed by atoms with Gasteiger partial charge in [-0.15, -0.1) is 0 Å². The Bertz CT molecular complexity index is 290. The largest absolute Gasteiger partial charge is 0.343 e. The van der Waals surface area contributed by atoms with E-state index in [1.165, 1.54) is 64.2 Å². The first-order chi connectivity index (χ1) is 11.0. The fourth-order valence-corrected chi connectivity index (χ4v) is 3.46. The standard InChI is InChI=1S/C21H43NO/c1-6-10-12-13-15-17-21(5,16-14-11-7-2)19-20(23)22(9-4)18-8-3/h6-19H2,1-5H3. The van der Waals surface area contributed by atoms with Crippen molar-refractivity contribution in [2.75, 3.05) is 13.1 Å². The second-order valence-electron chi connectivity index (χ2n) is 7.58. The van der Waals surface area contributed by atoms with E-state index < -0.39 is 0 Å². The molecule has 1 atom stereocenters. The summed E-state index contributed by atoms with van der Waals surface area (Å²) >= 11 is 0. The van der Waals surface area contributed by atoms with Crippen LogP contribution in [-0.2, 0) is 4.79 Å². The molecule has 0 aromatic carbocycles. The summed E-state index contributed by atoms with van der Waals surface area (Å²) in [6.07, 6.45) is 14.7. The van der Waals surface area contributed by atoms with Gasteiger partial charge in [-0.05, 0) is 31.6 Å². The van der Waals surface area contributed by atoms with Gasteiger partial charge in [-0.3, -0.25) is 4.79 Å². The Hall–Kier alpha value is -0.530. The van der Waals surface area contributed by atoms with Gasteiger partial charge in [-0.1, -0.05) is 79.1 Å². The monoisotopic (exact) mass is 325 g/mol. The lowest BCUT2D eigenvalue weighted by atomic mass is 9.76. The number of nitrogens with zero attached hydrogens (tertiary/aromatic N) is 1. The van der Waals surface area contributed by atoms with Crippen LogP contribution >= 0.6 is 0 Å². The molecular weight excluding hydrogens is 282 g/mol. The molecule has 0 aromatic heterocycles. The summed E-state index contributed by atoms with van der Waals surface area (Å²) in [7, 11) is 0. The molecule has 23 heavy (non-hydrogen) atoms. The maximum atomic E-state index is 12.7. The van der Waals surface area contributed by atoms with E-state index in [1.807, 2.05) is 0 Å². The summed E-state index contributed by atoms with van der Waals surface area (Å²) < 4.78 is 0.